The maximum atomic E-state index is 13.2. The number of aryl methyl sites for hydroxylation is 1. The van der Waals surface area contributed by atoms with Crippen LogP contribution in [0.5, 0.6) is 0 Å². The van der Waals surface area contributed by atoms with Gasteiger partial charge in [-0.1, -0.05) is 18.2 Å². The van der Waals surface area contributed by atoms with E-state index in [9.17, 15) is 28.8 Å². The van der Waals surface area contributed by atoms with E-state index in [2.05, 4.69) is 74.9 Å². The molecule has 60 heavy (non-hydrogen) atoms. The maximum absolute atomic E-state index is 13.2. The summed E-state index contributed by atoms with van der Waals surface area (Å²) >= 11 is 0. The number of fused-ring (bicyclic) bond motifs is 2. The predicted octanol–water partition coefficient (Wildman–Crippen LogP) is 2.44. The first-order valence-electron chi connectivity index (χ1n) is 20.0. The number of piperazine rings is 1. The first kappa shape index (κ1) is 38.3. The van der Waals surface area contributed by atoms with E-state index >= 15 is 0 Å². The molecule has 18 heteroatoms. The monoisotopic (exact) mass is 810 g/mol. The van der Waals surface area contributed by atoms with Gasteiger partial charge in [-0.25, -0.2) is 19.9 Å². The molecule has 0 unspecified atom stereocenters. The second-order valence-corrected chi connectivity index (χ2v) is 15.5. The molecule has 3 fully saturated rings. The molecular weight excluding hydrogens is 769 g/mol. The Kier molecular flexibility index (Phi) is 10.1. The first-order valence-corrected chi connectivity index (χ1v) is 20.0. The Morgan fingerprint density at radius 3 is 2.42 bits per heavy atom. The predicted molar refractivity (Wildman–Crippen MR) is 218 cm³/mol. The van der Waals surface area contributed by atoms with E-state index in [1.54, 1.807) is 23.4 Å². The molecule has 0 bridgehead atoms. The van der Waals surface area contributed by atoms with Crippen LogP contribution in [-0.2, 0) is 20.9 Å². The highest BCUT2D eigenvalue weighted by molar-refractivity contribution is 6.23. The van der Waals surface area contributed by atoms with E-state index in [0.717, 1.165) is 40.3 Å². The van der Waals surface area contributed by atoms with Gasteiger partial charge in [0.1, 0.15) is 23.6 Å². The summed E-state index contributed by atoms with van der Waals surface area (Å²) in [6.45, 7) is 4.81. The van der Waals surface area contributed by atoms with E-state index in [1.165, 1.54) is 18.5 Å². The molecule has 2 saturated heterocycles. The quantitative estimate of drug-likeness (QED) is 0.141. The smallest absolute Gasteiger partial charge is 0.270 e. The fourth-order valence-corrected chi connectivity index (χ4v) is 8.21. The van der Waals surface area contributed by atoms with E-state index in [1.807, 2.05) is 19.1 Å². The van der Waals surface area contributed by atoms with Gasteiger partial charge in [0.05, 0.1) is 24.0 Å². The minimum atomic E-state index is -1.04. The Morgan fingerprint density at radius 1 is 0.867 bits per heavy atom. The molecule has 3 aliphatic heterocycles. The van der Waals surface area contributed by atoms with E-state index in [4.69, 9.17) is 0 Å². The van der Waals surface area contributed by atoms with Gasteiger partial charge >= 0.3 is 0 Å². The average molecular weight is 811 g/mol. The van der Waals surface area contributed by atoms with Crippen LogP contribution in [-0.4, -0.2) is 115 Å². The second-order valence-electron chi connectivity index (χ2n) is 15.5. The van der Waals surface area contributed by atoms with Gasteiger partial charge in [-0.05, 0) is 74.2 Å². The van der Waals surface area contributed by atoms with Crippen LogP contribution < -0.4 is 26.2 Å². The lowest BCUT2D eigenvalue weighted by molar-refractivity contribution is -0.136. The highest BCUT2D eigenvalue weighted by atomic mass is 16.2. The molecule has 1 aliphatic carbocycles. The zero-order valence-corrected chi connectivity index (χ0v) is 32.8. The Balaban J connectivity index is 0.731. The third-order valence-corrected chi connectivity index (χ3v) is 11.6. The van der Waals surface area contributed by atoms with Crippen LogP contribution >= 0.6 is 0 Å². The molecule has 1 atom stereocenters. The van der Waals surface area contributed by atoms with Crippen molar-refractivity contribution in [2.45, 2.75) is 57.3 Å². The van der Waals surface area contributed by atoms with Crippen LogP contribution in [0.3, 0.4) is 0 Å². The number of hydrogen-bond donors (Lipinski definition) is 4. The van der Waals surface area contributed by atoms with Crippen molar-refractivity contribution in [2.24, 2.45) is 0 Å². The number of nitrogens with zero attached hydrogens (tertiary/aromatic N) is 8. The molecule has 306 valence electrons. The second kappa shape index (κ2) is 15.8. The molecule has 4 N–H and O–H groups in total. The Hall–Kier alpha value is -7.24. The number of carbonyl (C=O) groups is 6. The summed E-state index contributed by atoms with van der Waals surface area (Å²) in [5.41, 5.74) is 5.60. The molecule has 6 heterocycles. The van der Waals surface area contributed by atoms with Crippen molar-refractivity contribution in [2.75, 3.05) is 48.3 Å². The number of hydrogen-bond acceptors (Lipinski definition) is 13. The zero-order chi connectivity index (χ0) is 41.5. The van der Waals surface area contributed by atoms with Crippen molar-refractivity contribution in [1.82, 2.24) is 44.9 Å². The van der Waals surface area contributed by atoms with Gasteiger partial charge < -0.3 is 30.3 Å². The number of imidazole rings is 1. The number of rotatable bonds is 11. The zero-order valence-electron chi connectivity index (χ0n) is 32.8. The van der Waals surface area contributed by atoms with Gasteiger partial charge in [0.2, 0.25) is 17.7 Å². The summed E-state index contributed by atoms with van der Waals surface area (Å²) < 4.78 is 2.05. The third kappa shape index (κ3) is 7.46. The molecule has 18 nitrogen and oxygen atoms in total. The summed E-state index contributed by atoms with van der Waals surface area (Å²) in [5, 5.41) is 11.8. The van der Waals surface area contributed by atoms with Gasteiger partial charge in [-0.3, -0.25) is 39.0 Å². The minimum absolute atomic E-state index is 0.00607. The van der Waals surface area contributed by atoms with Gasteiger partial charge in [0.15, 0.2) is 11.5 Å². The Bertz CT molecular complexity index is 2540. The highest BCUT2D eigenvalue weighted by Crippen LogP contribution is 2.35. The van der Waals surface area contributed by atoms with Gasteiger partial charge in [-0.2, -0.15) is 0 Å². The fourth-order valence-electron chi connectivity index (χ4n) is 8.21. The SMILES string of the molecule is Cc1cccc(C(=O)NC2CC(n3cnc4c(NCc5ccc(N6CCN(C(=O)CNc7ccc8c(c7)C(=O)N([C@H]7CCC(=O)NC7=O)C8=O)CC6)cc5)ncnc43)C2)n1. The van der Waals surface area contributed by atoms with Crippen molar-refractivity contribution < 1.29 is 28.8 Å². The van der Waals surface area contributed by atoms with Crippen molar-refractivity contribution >= 4 is 63.8 Å². The van der Waals surface area contributed by atoms with Crippen LogP contribution in [0, 0.1) is 6.92 Å². The summed E-state index contributed by atoms with van der Waals surface area (Å²) in [4.78, 5) is 98.8. The normalized spacial score (nSPS) is 20.1. The summed E-state index contributed by atoms with van der Waals surface area (Å²) in [6.07, 6.45) is 4.99. The standard InChI is InChI=1S/C42H42N12O6/c1-24-3-2-4-32(48-24)39(57)49-27-17-29(18-27)53-23-47-36-37(45-22-46-38(36)53)44-20-25-5-8-28(9-6-25)51-13-15-52(16-14-51)35(56)21-43-26-7-10-30-31(19-26)42(60)54(41(30)59)33-11-12-34(55)50-40(33)58/h2-10,19,22-23,27,29,33,43H,11-18,20-21H2,1H3,(H,49,57)(H,44,45,46)(H,50,55,58)/t27?,29?,33-/m0/s1. The summed E-state index contributed by atoms with van der Waals surface area (Å²) in [6, 6.07) is 17.5. The number of imide groups is 2. The minimum Gasteiger partial charge on any atom is -0.376 e. The number of benzene rings is 2. The molecule has 4 aliphatic rings. The van der Waals surface area contributed by atoms with E-state index < -0.39 is 29.7 Å². The van der Waals surface area contributed by atoms with Crippen LogP contribution in [0.4, 0.5) is 17.2 Å². The largest absolute Gasteiger partial charge is 0.376 e. The molecular formula is C42H42N12O6. The molecule has 3 aromatic heterocycles. The average Bonchev–Trinajstić information content (AvgIpc) is 3.78. The number of amides is 6. The van der Waals surface area contributed by atoms with E-state index in [-0.39, 0.29) is 54.4 Å². The Morgan fingerprint density at radius 2 is 1.65 bits per heavy atom. The van der Waals surface area contributed by atoms with Crippen molar-refractivity contribution in [3.05, 3.63) is 101 Å². The van der Waals surface area contributed by atoms with Crippen molar-refractivity contribution in [3.8, 4) is 0 Å². The molecule has 1 saturated carbocycles. The Labute approximate surface area is 343 Å². The number of nitrogens with one attached hydrogen (secondary N) is 4. The maximum Gasteiger partial charge on any atom is 0.270 e. The lowest BCUT2D eigenvalue weighted by atomic mass is 9.86. The third-order valence-electron chi connectivity index (χ3n) is 11.6. The van der Waals surface area contributed by atoms with Crippen molar-refractivity contribution in [1.29, 1.82) is 0 Å². The first-order chi connectivity index (χ1) is 29.1. The number of anilines is 3. The van der Waals surface area contributed by atoms with Crippen LogP contribution in [0.15, 0.2) is 73.3 Å². The molecule has 0 spiro atoms. The summed E-state index contributed by atoms with van der Waals surface area (Å²) in [5.74, 6) is -1.89. The lowest BCUT2D eigenvalue weighted by Gasteiger charge is -2.36. The number of pyridine rings is 1. The number of carbonyl (C=O) groups excluding carboxylic acids is 6. The van der Waals surface area contributed by atoms with Gasteiger partial charge in [-0.15, -0.1) is 0 Å². The molecule has 0 radical (unpaired) electrons. The topological polar surface area (TPSA) is 217 Å². The van der Waals surface area contributed by atoms with Crippen molar-refractivity contribution in [3.63, 3.8) is 0 Å². The van der Waals surface area contributed by atoms with Crippen LogP contribution in [0.1, 0.15) is 74.2 Å². The summed E-state index contributed by atoms with van der Waals surface area (Å²) in [7, 11) is 0. The lowest BCUT2D eigenvalue weighted by Crippen LogP contribution is -2.54. The van der Waals surface area contributed by atoms with E-state index in [0.29, 0.717) is 55.4 Å². The highest BCUT2D eigenvalue weighted by Gasteiger charge is 2.44. The number of piperidine rings is 1. The number of aromatic nitrogens is 5. The molecule has 5 aromatic rings. The van der Waals surface area contributed by atoms with Crippen LogP contribution in [0.2, 0.25) is 0 Å². The van der Waals surface area contributed by atoms with Crippen LogP contribution in [0.25, 0.3) is 11.2 Å². The van der Waals surface area contributed by atoms with Gasteiger partial charge in [0, 0.05) is 68.3 Å². The fraction of sp³-hybridized carbons (Fsp3) is 0.333. The molecule has 6 amide bonds. The molecule has 2 aromatic carbocycles. The molecule has 9 rings (SSSR count). The van der Waals surface area contributed by atoms with Gasteiger partial charge in [0.25, 0.3) is 17.7 Å².